The van der Waals surface area contributed by atoms with Gasteiger partial charge in [-0.1, -0.05) is 42.5 Å². The van der Waals surface area contributed by atoms with Gasteiger partial charge in [-0.05, 0) is 36.6 Å². The van der Waals surface area contributed by atoms with Crippen molar-refractivity contribution in [3.8, 4) is 11.5 Å². The fourth-order valence-electron chi connectivity index (χ4n) is 1.75. The van der Waals surface area contributed by atoms with Gasteiger partial charge in [0.1, 0.15) is 0 Å². The van der Waals surface area contributed by atoms with Crippen LogP contribution in [0.5, 0.6) is 11.5 Å². The number of benzene rings is 2. The van der Waals surface area contributed by atoms with Crippen LogP contribution in [0.4, 0.5) is 0 Å². The number of rotatable bonds is 4. The summed E-state index contributed by atoms with van der Waals surface area (Å²) in [6.45, 7) is 5.39. The first-order valence-electron chi connectivity index (χ1n) is 6.78. The highest BCUT2D eigenvalue weighted by Gasteiger charge is 2.00. The van der Waals surface area contributed by atoms with Crippen LogP contribution in [-0.4, -0.2) is 17.3 Å². The zero-order valence-electron chi connectivity index (χ0n) is 12.5. The van der Waals surface area contributed by atoms with Crippen LogP contribution in [0.25, 0.3) is 0 Å². The minimum absolute atomic E-state index is 0.172. The van der Waals surface area contributed by atoms with E-state index < -0.39 is 0 Å². The first-order chi connectivity index (χ1) is 10.1. The largest absolute Gasteiger partial charge is 0.504 e. The summed E-state index contributed by atoms with van der Waals surface area (Å²) in [4.78, 5) is 0. The second kappa shape index (κ2) is 8.82. The van der Waals surface area contributed by atoms with Crippen LogP contribution in [0, 0.1) is 0 Å². The summed E-state index contributed by atoms with van der Waals surface area (Å²) >= 11 is 0. The van der Waals surface area contributed by atoms with Gasteiger partial charge < -0.3 is 14.9 Å². The van der Waals surface area contributed by atoms with E-state index in [2.05, 4.69) is 6.58 Å². The van der Waals surface area contributed by atoms with E-state index in [1.807, 2.05) is 42.5 Å². The van der Waals surface area contributed by atoms with Crippen LogP contribution in [0.2, 0.25) is 0 Å². The maximum atomic E-state index is 9.25. The minimum atomic E-state index is -0.341. The van der Waals surface area contributed by atoms with Crippen LogP contribution in [0.1, 0.15) is 24.2 Å². The second-order valence-electron chi connectivity index (χ2n) is 4.59. The van der Waals surface area contributed by atoms with Gasteiger partial charge in [-0.15, -0.1) is 6.58 Å². The van der Waals surface area contributed by atoms with E-state index in [1.54, 1.807) is 19.1 Å². The number of phenolic OH excluding ortho intramolecular Hbond substituents is 1. The lowest BCUT2D eigenvalue weighted by atomic mass is 10.1. The van der Waals surface area contributed by atoms with Crippen LogP contribution in [0.3, 0.4) is 0 Å². The summed E-state index contributed by atoms with van der Waals surface area (Å²) in [6.07, 6.45) is 2.26. The Kier molecular flexibility index (Phi) is 7.05. The van der Waals surface area contributed by atoms with Crippen molar-refractivity contribution in [3.05, 3.63) is 72.3 Å². The second-order valence-corrected chi connectivity index (χ2v) is 4.59. The van der Waals surface area contributed by atoms with Crippen molar-refractivity contribution < 1.29 is 14.9 Å². The molecule has 3 nitrogen and oxygen atoms in total. The van der Waals surface area contributed by atoms with Crippen LogP contribution in [0.15, 0.2) is 61.2 Å². The average Bonchev–Trinajstić information content (AvgIpc) is 2.51. The van der Waals surface area contributed by atoms with Crippen LogP contribution >= 0.6 is 0 Å². The zero-order chi connectivity index (χ0) is 15.7. The number of phenols is 1. The average molecular weight is 286 g/mol. The number of aliphatic hydroxyl groups excluding tert-OH is 1. The Morgan fingerprint density at radius 1 is 1.19 bits per heavy atom. The molecule has 2 rings (SSSR count). The molecule has 2 N–H and O–H groups in total. The molecule has 2 aromatic rings. The lowest BCUT2D eigenvalue weighted by Crippen LogP contribution is -1.87. The van der Waals surface area contributed by atoms with Gasteiger partial charge in [0.25, 0.3) is 0 Å². The Hall–Kier alpha value is -2.26. The number of aliphatic hydroxyl groups is 1. The van der Waals surface area contributed by atoms with Crippen molar-refractivity contribution >= 4 is 0 Å². The number of allylic oxidation sites excluding steroid dienone is 1. The Labute approximate surface area is 126 Å². The van der Waals surface area contributed by atoms with E-state index in [0.717, 1.165) is 17.5 Å². The fraction of sp³-hybridized carbons (Fsp3) is 0.222. The van der Waals surface area contributed by atoms with E-state index in [1.165, 1.54) is 7.11 Å². The number of hydrogen-bond donors (Lipinski definition) is 2. The first kappa shape index (κ1) is 16.8. The maximum Gasteiger partial charge on any atom is 0.160 e. The number of aromatic hydroxyl groups is 1. The molecule has 1 atom stereocenters. The lowest BCUT2D eigenvalue weighted by Gasteiger charge is -2.04. The van der Waals surface area contributed by atoms with Crippen molar-refractivity contribution in [1.29, 1.82) is 0 Å². The highest BCUT2D eigenvalue weighted by Crippen LogP contribution is 2.26. The summed E-state index contributed by atoms with van der Waals surface area (Å²) in [7, 11) is 1.53. The predicted molar refractivity (Wildman–Crippen MR) is 85.6 cm³/mol. The van der Waals surface area contributed by atoms with Gasteiger partial charge in [0, 0.05) is 0 Å². The summed E-state index contributed by atoms with van der Waals surface area (Å²) in [5.41, 5.74) is 2.05. The Morgan fingerprint density at radius 3 is 2.33 bits per heavy atom. The van der Waals surface area contributed by atoms with Gasteiger partial charge in [0.2, 0.25) is 0 Å². The third-order valence-electron chi connectivity index (χ3n) is 2.91. The van der Waals surface area contributed by atoms with E-state index >= 15 is 0 Å². The molecular weight excluding hydrogens is 264 g/mol. The van der Waals surface area contributed by atoms with E-state index in [9.17, 15) is 5.11 Å². The highest BCUT2D eigenvalue weighted by molar-refractivity contribution is 5.42. The summed E-state index contributed by atoms with van der Waals surface area (Å²) in [5.74, 6) is 0.680. The van der Waals surface area contributed by atoms with Gasteiger partial charge in [-0.3, -0.25) is 0 Å². The quantitative estimate of drug-likeness (QED) is 0.839. The molecule has 0 aliphatic rings. The van der Waals surface area contributed by atoms with Crippen molar-refractivity contribution in [2.24, 2.45) is 0 Å². The molecular formula is C18H22O3. The van der Waals surface area contributed by atoms with Gasteiger partial charge in [0.05, 0.1) is 13.2 Å². The molecule has 3 heteroatoms. The summed E-state index contributed by atoms with van der Waals surface area (Å²) in [6, 6.07) is 14.9. The van der Waals surface area contributed by atoms with Gasteiger partial charge in [0.15, 0.2) is 11.5 Å². The smallest absolute Gasteiger partial charge is 0.160 e. The normalized spacial score (nSPS) is 11.0. The third kappa shape index (κ3) is 5.71. The predicted octanol–water partition coefficient (Wildman–Crippen LogP) is 3.87. The summed E-state index contributed by atoms with van der Waals surface area (Å²) in [5, 5.41) is 18.3. The highest BCUT2D eigenvalue weighted by atomic mass is 16.5. The molecule has 0 heterocycles. The number of methoxy groups -OCH3 is 1. The molecule has 0 saturated carbocycles. The monoisotopic (exact) mass is 286 g/mol. The van der Waals surface area contributed by atoms with Gasteiger partial charge >= 0.3 is 0 Å². The van der Waals surface area contributed by atoms with Gasteiger partial charge in [-0.25, -0.2) is 0 Å². The van der Waals surface area contributed by atoms with E-state index in [4.69, 9.17) is 9.84 Å². The standard InChI is InChI=1S/C10H12O2.C8H10O/c1-3-4-8-5-6-9(11)10(7-8)12-2;1-7(9)8-5-3-2-4-6-8/h3,5-7,11H,1,4H2,2H3;2-7,9H,1H3. The Morgan fingerprint density at radius 2 is 1.86 bits per heavy atom. The maximum absolute atomic E-state index is 9.25. The Bertz CT molecular complexity index is 548. The SMILES string of the molecule is C=CCc1ccc(O)c(OC)c1.CC(O)c1ccccc1. The molecule has 0 aliphatic carbocycles. The van der Waals surface area contributed by atoms with Gasteiger partial charge in [-0.2, -0.15) is 0 Å². The molecule has 0 amide bonds. The fourth-order valence-corrected chi connectivity index (χ4v) is 1.75. The van der Waals surface area contributed by atoms with E-state index in [0.29, 0.717) is 5.75 Å². The summed E-state index contributed by atoms with van der Waals surface area (Å²) < 4.78 is 4.95. The first-order valence-corrected chi connectivity index (χ1v) is 6.78. The topological polar surface area (TPSA) is 49.7 Å². The molecule has 0 aromatic heterocycles. The molecule has 0 bridgehead atoms. The zero-order valence-corrected chi connectivity index (χ0v) is 12.5. The molecule has 112 valence electrons. The van der Waals surface area contributed by atoms with Crippen LogP contribution < -0.4 is 4.74 Å². The Balaban J connectivity index is 0.000000219. The van der Waals surface area contributed by atoms with E-state index in [-0.39, 0.29) is 11.9 Å². The van der Waals surface area contributed by atoms with Crippen molar-refractivity contribution in [3.63, 3.8) is 0 Å². The molecule has 0 fully saturated rings. The van der Waals surface area contributed by atoms with Crippen molar-refractivity contribution in [2.75, 3.05) is 7.11 Å². The van der Waals surface area contributed by atoms with Crippen molar-refractivity contribution in [1.82, 2.24) is 0 Å². The number of ether oxygens (including phenoxy) is 1. The third-order valence-corrected chi connectivity index (χ3v) is 2.91. The number of hydrogen-bond acceptors (Lipinski definition) is 3. The molecule has 21 heavy (non-hydrogen) atoms. The molecule has 0 spiro atoms. The molecule has 0 saturated heterocycles. The molecule has 0 radical (unpaired) electrons. The molecule has 1 unspecified atom stereocenters. The lowest BCUT2D eigenvalue weighted by molar-refractivity contribution is 0.199. The molecule has 2 aromatic carbocycles. The van der Waals surface area contributed by atoms with Crippen molar-refractivity contribution in [2.45, 2.75) is 19.4 Å². The van der Waals surface area contributed by atoms with Crippen LogP contribution in [-0.2, 0) is 6.42 Å². The molecule has 0 aliphatic heterocycles. The minimum Gasteiger partial charge on any atom is -0.504 e.